The molecule has 0 aliphatic carbocycles. The molecule has 106 valence electrons. The summed E-state index contributed by atoms with van der Waals surface area (Å²) in [4.78, 5) is 0.788. The molecule has 1 aromatic heterocycles. The van der Waals surface area contributed by atoms with Crippen LogP contribution in [0.15, 0.2) is 35.4 Å². The van der Waals surface area contributed by atoms with Gasteiger partial charge in [0.05, 0.1) is 24.1 Å². The van der Waals surface area contributed by atoms with Gasteiger partial charge in [-0.3, -0.25) is 0 Å². The van der Waals surface area contributed by atoms with Gasteiger partial charge in [0.1, 0.15) is 0 Å². The fourth-order valence-corrected chi connectivity index (χ4v) is 2.10. The first kappa shape index (κ1) is 14.8. The standard InChI is InChI=1S/C13H11F3N2OS/c1-20-10-5-12(18-17-6-10)11-4-9(13(14,15)16)3-2-8(11)7-19/h2-6,19H,7H2,1H3. The topological polar surface area (TPSA) is 46.0 Å². The van der Waals surface area contributed by atoms with Gasteiger partial charge in [0.15, 0.2) is 0 Å². The number of hydrogen-bond acceptors (Lipinski definition) is 4. The van der Waals surface area contributed by atoms with Gasteiger partial charge in [-0.25, -0.2) is 0 Å². The van der Waals surface area contributed by atoms with Gasteiger partial charge >= 0.3 is 6.18 Å². The van der Waals surface area contributed by atoms with Gasteiger partial charge in [0.25, 0.3) is 0 Å². The molecular weight excluding hydrogens is 289 g/mol. The summed E-state index contributed by atoms with van der Waals surface area (Å²) in [7, 11) is 0. The van der Waals surface area contributed by atoms with Crippen molar-refractivity contribution in [1.82, 2.24) is 10.2 Å². The molecule has 2 rings (SSSR count). The Hall–Kier alpha value is -1.60. The maximum atomic E-state index is 12.8. The van der Waals surface area contributed by atoms with Gasteiger partial charge < -0.3 is 5.11 Å². The highest BCUT2D eigenvalue weighted by Crippen LogP contribution is 2.34. The van der Waals surface area contributed by atoms with Crippen LogP contribution in [0.2, 0.25) is 0 Å². The highest BCUT2D eigenvalue weighted by Gasteiger charge is 2.31. The van der Waals surface area contributed by atoms with Crippen molar-refractivity contribution in [3.63, 3.8) is 0 Å². The molecule has 0 atom stereocenters. The SMILES string of the molecule is CSc1cnnc(-c2cc(C(F)(F)F)ccc2CO)c1. The van der Waals surface area contributed by atoms with Gasteiger partial charge in [-0.15, -0.1) is 11.8 Å². The molecule has 0 aliphatic rings. The highest BCUT2D eigenvalue weighted by atomic mass is 32.2. The lowest BCUT2D eigenvalue weighted by atomic mass is 10.0. The largest absolute Gasteiger partial charge is 0.416 e. The van der Waals surface area contributed by atoms with E-state index in [1.165, 1.54) is 24.0 Å². The zero-order valence-electron chi connectivity index (χ0n) is 10.5. The number of aliphatic hydroxyl groups is 1. The number of hydrogen-bond donors (Lipinski definition) is 1. The normalized spacial score (nSPS) is 11.7. The van der Waals surface area contributed by atoms with E-state index in [4.69, 9.17) is 0 Å². The first-order valence-electron chi connectivity index (χ1n) is 5.63. The molecule has 0 amide bonds. The summed E-state index contributed by atoms with van der Waals surface area (Å²) in [6.07, 6.45) is -1.08. The third-order valence-electron chi connectivity index (χ3n) is 2.75. The number of aromatic nitrogens is 2. The maximum Gasteiger partial charge on any atom is 0.416 e. The van der Waals surface area contributed by atoms with Crippen LogP contribution in [0.3, 0.4) is 0 Å². The van der Waals surface area contributed by atoms with E-state index in [0.29, 0.717) is 11.3 Å². The summed E-state index contributed by atoms with van der Waals surface area (Å²) < 4.78 is 38.3. The number of thioether (sulfide) groups is 1. The monoisotopic (exact) mass is 300 g/mol. The van der Waals surface area contributed by atoms with Crippen LogP contribution in [0.4, 0.5) is 13.2 Å². The van der Waals surface area contributed by atoms with Gasteiger partial charge in [-0.2, -0.15) is 23.4 Å². The van der Waals surface area contributed by atoms with Crippen LogP contribution in [-0.4, -0.2) is 21.6 Å². The second kappa shape index (κ2) is 5.80. The third-order valence-corrected chi connectivity index (χ3v) is 3.44. The smallest absolute Gasteiger partial charge is 0.392 e. The molecule has 1 N–H and O–H groups in total. The average molecular weight is 300 g/mol. The number of aliphatic hydroxyl groups excluding tert-OH is 1. The molecule has 0 bridgehead atoms. The van der Waals surface area contributed by atoms with Crippen LogP contribution < -0.4 is 0 Å². The molecule has 1 heterocycles. The van der Waals surface area contributed by atoms with E-state index in [-0.39, 0.29) is 12.2 Å². The number of rotatable bonds is 3. The summed E-state index contributed by atoms with van der Waals surface area (Å²) in [5.41, 5.74) is 0.157. The quantitative estimate of drug-likeness (QED) is 0.883. The lowest BCUT2D eigenvalue weighted by molar-refractivity contribution is -0.137. The van der Waals surface area contributed by atoms with Crippen LogP contribution in [0.1, 0.15) is 11.1 Å². The Bertz CT molecular complexity index is 617. The van der Waals surface area contributed by atoms with Crippen LogP contribution in [0.5, 0.6) is 0 Å². The fourth-order valence-electron chi connectivity index (χ4n) is 1.72. The van der Waals surface area contributed by atoms with Crippen molar-refractivity contribution in [3.8, 4) is 11.3 Å². The van der Waals surface area contributed by atoms with E-state index < -0.39 is 11.7 Å². The Morgan fingerprint density at radius 3 is 2.60 bits per heavy atom. The minimum absolute atomic E-state index is 0.241. The Morgan fingerprint density at radius 1 is 1.25 bits per heavy atom. The Morgan fingerprint density at radius 2 is 2.00 bits per heavy atom. The van der Waals surface area contributed by atoms with Gasteiger partial charge in [-0.05, 0) is 30.0 Å². The van der Waals surface area contributed by atoms with Gasteiger partial charge in [0.2, 0.25) is 0 Å². The van der Waals surface area contributed by atoms with Crippen molar-refractivity contribution >= 4 is 11.8 Å². The van der Waals surface area contributed by atoms with Gasteiger partial charge in [0, 0.05) is 10.5 Å². The van der Waals surface area contributed by atoms with Crippen LogP contribution >= 0.6 is 11.8 Å². The first-order valence-corrected chi connectivity index (χ1v) is 6.86. The van der Waals surface area contributed by atoms with Crippen molar-refractivity contribution < 1.29 is 18.3 Å². The average Bonchev–Trinajstić information content (AvgIpc) is 2.45. The molecule has 7 heteroatoms. The predicted octanol–water partition coefficient (Wildman–Crippen LogP) is 3.38. The zero-order chi connectivity index (χ0) is 14.8. The summed E-state index contributed by atoms with van der Waals surface area (Å²) in [5, 5.41) is 16.9. The first-order chi connectivity index (χ1) is 9.45. The van der Waals surface area contributed by atoms with E-state index in [2.05, 4.69) is 10.2 Å². The second-order valence-electron chi connectivity index (χ2n) is 4.01. The van der Waals surface area contributed by atoms with Crippen molar-refractivity contribution in [3.05, 3.63) is 41.6 Å². The van der Waals surface area contributed by atoms with Crippen molar-refractivity contribution in [2.24, 2.45) is 0 Å². The summed E-state index contributed by atoms with van der Waals surface area (Å²) in [6, 6.07) is 4.83. The highest BCUT2D eigenvalue weighted by molar-refractivity contribution is 7.98. The molecule has 0 spiro atoms. The fraction of sp³-hybridized carbons (Fsp3) is 0.231. The molecule has 3 nitrogen and oxygen atoms in total. The van der Waals surface area contributed by atoms with Crippen LogP contribution in [0.25, 0.3) is 11.3 Å². The third kappa shape index (κ3) is 3.10. The Kier molecular flexibility index (Phi) is 4.29. The molecule has 0 fully saturated rings. The van der Waals surface area contributed by atoms with Crippen molar-refractivity contribution in [1.29, 1.82) is 0 Å². The van der Waals surface area contributed by atoms with Crippen LogP contribution in [0, 0.1) is 0 Å². The molecule has 0 unspecified atom stereocenters. The summed E-state index contributed by atoms with van der Waals surface area (Å²) in [6.45, 7) is -0.362. The molecule has 0 aliphatic heterocycles. The number of nitrogens with zero attached hydrogens (tertiary/aromatic N) is 2. The molecule has 2 aromatic rings. The minimum atomic E-state index is -4.44. The molecule has 20 heavy (non-hydrogen) atoms. The van der Waals surface area contributed by atoms with Gasteiger partial charge in [-0.1, -0.05) is 6.07 Å². The molecule has 1 aromatic carbocycles. The number of halogens is 3. The molecule has 0 saturated carbocycles. The van der Waals surface area contributed by atoms with Crippen molar-refractivity contribution in [2.45, 2.75) is 17.7 Å². The Labute approximate surface area is 117 Å². The second-order valence-corrected chi connectivity index (χ2v) is 4.89. The maximum absolute atomic E-state index is 12.8. The van der Waals surface area contributed by atoms with E-state index in [1.54, 1.807) is 6.07 Å². The predicted molar refractivity (Wildman–Crippen MR) is 70.2 cm³/mol. The number of alkyl halides is 3. The van der Waals surface area contributed by atoms with E-state index in [1.807, 2.05) is 6.26 Å². The minimum Gasteiger partial charge on any atom is -0.392 e. The number of benzene rings is 1. The van der Waals surface area contributed by atoms with Crippen LogP contribution in [-0.2, 0) is 12.8 Å². The molecule has 0 saturated heterocycles. The van der Waals surface area contributed by atoms with Crippen molar-refractivity contribution in [2.75, 3.05) is 6.26 Å². The molecule has 0 radical (unpaired) electrons. The van der Waals surface area contributed by atoms with E-state index in [0.717, 1.165) is 17.0 Å². The van der Waals surface area contributed by atoms with E-state index >= 15 is 0 Å². The van der Waals surface area contributed by atoms with E-state index in [9.17, 15) is 18.3 Å². The summed E-state index contributed by atoms with van der Waals surface area (Å²) >= 11 is 1.41. The Balaban J connectivity index is 2.58. The molecular formula is C13H11F3N2OS. The zero-order valence-corrected chi connectivity index (χ0v) is 11.3. The summed E-state index contributed by atoms with van der Waals surface area (Å²) in [5.74, 6) is 0. The lowest BCUT2D eigenvalue weighted by Gasteiger charge is -2.12. The lowest BCUT2D eigenvalue weighted by Crippen LogP contribution is -2.06.